The standard InChI is InChI=1S/C23H15BrN2OS2/c24-17-11-9-16(10-12-17)21(27)22-19-20(26-13-5-4-8-18(26)25-19)23(29-22)28-14-15-6-2-1-3-7-15/h1-13H,14H2. The summed E-state index contributed by atoms with van der Waals surface area (Å²) in [4.78, 5) is 18.8. The zero-order chi connectivity index (χ0) is 19.8. The predicted molar refractivity (Wildman–Crippen MR) is 124 cm³/mol. The van der Waals surface area contributed by atoms with Crippen molar-refractivity contribution in [2.75, 3.05) is 0 Å². The molecule has 29 heavy (non-hydrogen) atoms. The van der Waals surface area contributed by atoms with Gasteiger partial charge in [-0.25, -0.2) is 4.98 Å². The number of aromatic nitrogens is 2. The Hall–Kier alpha value is -2.41. The third-order valence-electron chi connectivity index (χ3n) is 4.66. The molecular formula is C23H15BrN2OS2. The lowest BCUT2D eigenvalue weighted by molar-refractivity contribution is 0.104. The van der Waals surface area contributed by atoms with Gasteiger partial charge in [-0.05, 0) is 42.0 Å². The Morgan fingerprint density at radius 1 is 1.00 bits per heavy atom. The fourth-order valence-electron chi connectivity index (χ4n) is 3.25. The van der Waals surface area contributed by atoms with E-state index in [1.807, 2.05) is 54.7 Å². The number of pyridine rings is 1. The average molecular weight is 479 g/mol. The average Bonchev–Trinajstić information content (AvgIpc) is 3.30. The van der Waals surface area contributed by atoms with Crippen LogP contribution in [0.25, 0.3) is 16.7 Å². The van der Waals surface area contributed by atoms with E-state index >= 15 is 0 Å². The van der Waals surface area contributed by atoms with Crippen molar-refractivity contribution in [3.63, 3.8) is 0 Å². The molecule has 5 aromatic rings. The summed E-state index contributed by atoms with van der Waals surface area (Å²) >= 11 is 6.73. The van der Waals surface area contributed by atoms with Gasteiger partial charge in [-0.2, -0.15) is 0 Å². The van der Waals surface area contributed by atoms with E-state index in [2.05, 4.69) is 44.6 Å². The van der Waals surface area contributed by atoms with Crippen LogP contribution in [0.5, 0.6) is 0 Å². The Kier molecular flexibility index (Phi) is 4.99. The van der Waals surface area contributed by atoms with E-state index in [1.54, 1.807) is 11.8 Å². The number of benzene rings is 2. The van der Waals surface area contributed by atoms with Crippen molar-refractivity contribution in [2.24, 2.45) is 0 Å². The first-order valence-electron chi connectivity index (χ1n) is 9.07. The number of hydrogen-bond acceptors (Lipinski definition) is 4. The number of rotatable bonds is 5. The molecule has 0 radical (unpaired) electrons. The molecular weight excluding hydrogens is 464 g/mol. The molecule has 0 atom stereocenters. The number of thiophene rings is 1. The van der Waals surface area contributed by atoms with Gasteiger partial charge in [0.2, 0.25) is 5.78 Å². The van der Waals surface area contributed by atoms with Crippen molar-refractivity contribution >= 4 is 61.5 Å². The number of imidazole rings is 1. The van der Waals surface area contributed by atoms with E-state index in [0.717, 1.165) is 31.1 Å². The predicted octanol–water partition coefficient (Wildman–Crippen LogP) is 6.83. The monoisotopic (exact) mass is 478 g/mol. The Morgan fingerprint density at radius 2 is 1.76 bits per heavy atom. The van der Waals surface area contributed by atoms with Gasteiger partial charge in [-0.15, -0.1) is 23.1 Å². The lowest BCUT2D eigenvalue weighted by atomic mass is 10.1. The van der Waals surface area contributed by atoms with Crippen molar-refractivity contribution in [1.82, 2.24) is 9.38 Å². The normalized spacial score (nSPS) is 11.3. The zero-order valence-electron chi connectivity index (χ0n) is 15.2. The van der Waals surface area contributed by atoms with Crippen molar-refractivity contribution in [1.29, 1.82) is 0 Å². The SMILES string of the molecule is O=C(c1ccc(Br)cc1)c1sc(SCc2ccccc2)c2c1nc1ccccn12. The number of ketones is 1. The van der Waals surface area contributed by atoms with Crippen LogP contribution in [-0.2, 0) is 5.75 Å². The zero-order valence-corrected chi connectivity index (χ0v) is 18.4. The van der Waals surface area contributed by atoms with E-state index in [0.29, 0.717) is 10.4 Å². The summed E-state index contributed by atoms with van der Waals surface area (Å²) in [5.74, 6) is 0.866. The van der Waals surface area contributed by atoms with Gasteiger partial charge in [0.05, 0.1) is 9.73 Å². The highest BCUT2D eigenvalue weighted by Crippen LogP contribution is 2.40. The number of thioether (sulfide) groups is 1. The van der Waals surface area contributed by atoms with Crippen molar-refractivity contribution in [3.05, 3.63) is 99.5 Å². The van der Waals surface area contributed by atoms with Crippen molar-refractivity contribution in [2.45, 2.75) is 9.96 Å². The molecule has 0 aliphatic carbocycles. The Bertz CT molecular complexity index is 1320. The topological polar surface area (TPSA) is 34.4 Å². The second-order valence-corrected chi connectivity index (χ2v) is 9.75. The van der Waals surface area contributed by atoms with Crippen LogP contribution in [-0.4, -0.2) is 15.2 Å². The van der Waals surface area contributed by atoms with E-state index in [4.69, 9.17) is 4.98 Å². The summed E-state index contributed by atoms with van der Waals surface area (Å²) in [6.07, 6.45) is 2.01. The van der Waals surface area contributed by atoms with Crippen LogP contribution in [0.1, 0.15) is 20.8 Å². The van der Waals surface area contributed by atoms with Gasteiger partial charge in [0.1, 0.15) is 16.0 Å². The maximum Gasteiger partial charge on any atom is 0.205 e. The second-order valence-electron chi connectivity index (χ2n) is 6.57. The summed E-state index contributed by atoms with van der Waals surface area (Å²) < 4.78 is 4.15. The van der Waals surface area contributed by atoms with Crippen LogP contribution in [0.2, 0.25) is 0 Å². The quantitative estimate of drug-likeness (QED) is 0.205. The van der Waals surface area contributed by atoms with Crippen LogP contribution < -0.4 is 0 Å². The molecule has 0 saturated heterocycles. The highest BCUT2D eigenvalue weighted by molar-refractivity contribution is 9.10. The van der Waals surface area contributed by atoms with Gasteiger partial charge < -0.3 is 0 Å². The molecule has 3 aromatic heterocycles. The molecule has 0 N–H and O–H groups in total. The van der Waals surface area contributed by atoms with Gasteiger partial charge in [-0.3, -0.25) is 9.20 Å². The first-order chi connectivity index (χ1) is 14.2. The molecule has 5 rings (SSSR count). The summed E-state index contributed by atoms with van der Waals surface area (Å²) in [6.45, 7) is 0. The Labute approximate surface area is 184 Å². The summed E-state index contributed by atoms with van der Waals surface area (Å²) in [5.41, 5.74) is 4.59. The molecule has 0 bridgehead atoms. The van der Waals surface area contributed by atoms with Crippen molar-refractivity contribution < 1.29 is 4.79 Å². The second kappa shape index (κ2) is 7.78. The minimum absolute atomic E-state index is 0.0162. The van der Waals surface area contributed by atoms with E-state index < -0.39 is 0 Å². The molecule has 0 fully saturated rings. The third-order valence-corrected chi connectivity index (χ3v) is 7.69. The molecule has 0 saturated carbocycles. The number of nitrogens with zero attached hydrogens (tertiary/aromatic N) is 2. The van der Waals surface area contributed by atoms with E-state index in [-0.39, 0.29) is 5.78 Å². The number of fused-ring (bicyclic) bond motifs is 3. The summed E-state index contributed by atoms with van der Waals surface area (Å²) in [7, 11) is 0. The number of hydrogen-bond donors (Lipinski definition) is 0. The fourth-order valence-corrected chi connectivity index (χ4v) is 5.92. The smallest absolute Gasteiger partial charge is 0.205 e. The molecule has 3 heterocycles. The Morgan fingerprint density at radius 3 is 2.55 bits per heavy atom. The molecule has 0 unspecified atom stereocenters. The van der Waals surface area contributed by atoms with Crippen LogP contribution in [0.4, 0.5) is 0 Å². The van der Waals surface area contributed by atoms with Gasteiger partial charge in [0, 0.05) is 22.0 Å². The molecule has 0 amide bonds. The van der Waals surface area contributed by atoms with Crippen LogP contribution >= 0.6 is 39.0 Å². The van der Waals surface area contributed by atoms with Crippen molar-refractivity contribution in [3.8, 4) is 0 Å². The summed E-state index contributed by atoms with van der Waals surface area (Å²) in [5, 5.41) is 0. The Balaban J connectivity index is 1.62. The highest BCUT2D eigenvalue weighted by atomic mass is 79.9. The lowest BCUT2D eigenvalue weighted by Crippen LogP contribution is -1.98. The fraction of sp³-hybridized carbons (Fsp3) is 0.0435. The molecule has 0 aliphatic heterocycles. The van der Waals surface area contributed by atoms with E-state index in [1.165, 1.54) is 16.9 Å². The third kappa shape index (κ3) is 3.52. The molecule has 142 valence electrons. The molecule has 0 spiro atoms. The highest BCUT2D eigenvalue weighted by Gasteiger charge is 2.23. The summed E-state index contributed by atoms with van der Waals surface area (Å²) in [6, 6.07) is 23.8. The van der Waals surface area contributed by atoms with Gasteiger partial charge in [0.15, 0.2) is 0 Å². The lowest BCUT2D eigenvalue weighted by Gasteiger charge is -2.01. The molecule has 0 aliphatic rings. The van der Waals surface area contributed by atoms with Gasteiger partial charge >= 0.3 is 0 Å². The van der Waals surface area contributed by atoms with E-state index in [9.17, 15) is 4.79 Å². The molecule has 3 nitrogen and oxygen atoms in total. The molecule has 2 aromatic carbocycles. The molecule has 6 heteroatoms. The van der Waals surface area contributed by atoms with Crippen LogP contribution in [0, 0.1) is 0 Å². The van der Waals surface area contributed by atoms with Crippen LogP contribution in [0.3, 0.4) is 0 Å². The van der Waals surface area contributed by atoms with Gasteiger partial charge in [0.25, 0.3) is 0 Å². The van der Waals surface area contributed by atoms with Gasteiger partial charge in [-0.1, -0.05) is 52.3 Å². The number of halogens is 1. The maximum atomic E-state index is 13.3. The maximum absolute atomic E-state index is 13.3. The minimum Gasteiger partial charge on any atom is -0.298 e. The minimum atomic E-state index is 0.0162. The number of carbonyl (C=O) groups excluding carboxylic acids is 1. The number of carbonyl (C=O) groups is 1. The first kappa shape index (κ1) is 18.6. The van der Waals surface area contributed by atoms with Crippen LogP contribution in [0.15, 0.2) is 87.7 Å². The largest absolute Gasteiger partial charge is 0.298 e. The first-order valence-corrected chi connectivity index (χ1v) is 11.7.